The van der Waals surface area contributed by atoms with Crippen molar-refractivity contribution < 1.29 is 4.74 Å². The summed E-state index contributed by atoms with van der Waals surface area (Å²) in [6, 6.07) is 6.01. The van der Waals surface area contributed by atoms with Gasteiger partial charge in [0.2, 0.25) is 0 Å². The predicted molar refractivity (Wildman–Crippen MR) is 70.7 cm³/mol. The predicted octanol–water partition coefficient (Wildman–Crippen LogP) is 1.02. The van der Waals surface area contributed by atoms with Gasteiger partial charge < -0.3 is 19.8 Å². The van der Waals surface area contributed by atoms with Gasteiger partial charge in [0, 0.05) is 32.4 Å². The van der Waals surface area contributed by atoms with Crippen LogP contribution in [0.2, 0.25) is 0 Å². The molecular weight excluding hydrogens is 228 g/mol. The summed E-state index contributed by atoms with van der Waals surface area (Å²) in [6.45, 7) is 3.96. The van der Waals surface area contributed by atoms with E-state index >= 15 is 0 Å². The van der Waals surface area contributed by atoms with Gasteiger partial charge in [-0.3, -0.25) is 0 Å². The van der Waals surface area contributed by atoms with Gasteiger partial charge in [-0.25, -0.2) is 4.98 Å². The van der Waals surface area contributed by atoms with Crippen molar-refractivity contribution >= 4 is 11.5 Å². The van der Waals surface area contributed by atoms with E-state index in [1.807, 2.05) is 24.4 Å². The zero-order valence-electron chi connectivity index (χ0n) is 10.4. The van der Waals surface area contributed by atoms with Gasteiger partial charge in [-0.2, -0.15) is 0 Å². The van der Waals surface area contributed by atoms with Crippen LogP contribution in [-0.4, -0.2) is 35.7 Å². The lowest BCUT2D eigenvalue weighted by Gasteiger charge is -2.20. The molecule has 18 heavy (non-hydrogen) atoms. The first-order chi connectivity index (χ1) is 8.90. The zero-order chi connectivity index (χ0) is 12.4. The Labute approximate surface area is 106 Å². The number of anilines is 1. The molecule has 0 radical (unpaired) electrons. The fourth-order valence-corrected chi connectivity index (χ4v) is 2.43. The van der Waals surface area contributed by atoms with Crippen LogP contribution in [0.1, 0.15) is 12.1 Å². The van der Waals surface area contributed by atoms with Gasteiger partial charge in [0.1, 0.15) is 5.65 Å². The zero-order valence-corrected chi connectivity index (χ0v) is 10.4. The van der Waals surface area contributed by atoms with E-state index in [-0.39, 0.29) is 0 Å². The summed E-state index contributed by atoms with van der Waals surface area (Å²) in [5.41, 5.74) is 7.92. The summed E-state index contributed by atoms with van der Waals surface area (Å²) in [6.07, 6.45) is 3.06. The van der Waals surface area contributed by atoms with Crippen LogP contribution in [0, 0.1) is 0 Å². The molecule has 1 aliphatic rings. The maximum absolute atomic E-state index is 5.89. The molecular formula is C13H18N4O. The Balaban J connectivity index is 2.04. The van der Waals surface area contributed by atoms with Gasteiger partial charge in [0.05, 0.1) is 12.3 Å². The first-order valence-electron chi connectivity index (χ1n) is 6.39. The van der Waals surface area contributed by atoms with Gasteiger partial charge >= 0.3 is 0 Å². The smallest absolute Gasteiger partial charge is 0.152 e. The lowest BCUT2D eigenvalue weighted by molar-refractivity contribution is 0.152. The summed E-state index contributed by atoms with van der Waals surface area (Å²) in [5, 5.41) is 0. The fraction of sp³-hybridized carbons (Fsp3) is 0.462. The van der Waals surface area contributed by atoms with Crippen molar-refractivity contribution in [3.05, 3.63) is 30.1 Å². The summed E-state index contributed by atoms with van der Waals surface area (Å²) in [7, 11) is 0. The van der Waals surface area contributed by atoms with E-state index in [0.717, 1.165) is 49.9 Å². The van der Waals surface area contributed by atoms with Gasteiger partial charge in [0.15, 0.2) is 5.82 Å². The summed E-state index contributed by atoms with van der Waals surface area (Å²) >= 11 is 0. The number of nitrogens with two attached hydrogens (primary N) is 1. The van der Waals surface area contributed by atoms with Crippen molar-refractivity contribution in [2.24, 2.45) is 5.73 Å². The largest absolute Gasteiger partial charge is 0.380 e. The first kappa shape index (κ1) is 11.5. The van der Waals surface area contributed by atoms with Crippen LogP contribution in [0.25, 0.3) is 5.65 Å². The molecule has 2 aromatic rings. The van der Waals surface area contributed by atoms with E-state index in [2.05, 4.69) is 9.30 Å². The van der Waals surface area contributed by atoms with Crippen LogP contribution in [-0.2, 0) is 11.3 Å². The van der Waals surface area contributed by atoms with Crippen molar-refractivity contribution in [1.29, 1.82) is 0 Å². The molecule has 5 heteroatoms. The van der Waals surface area contributed by atoms with Gasteiger partial charge in [-0.15, -0.1) is 0 Å². The van der Waals surface area contributed by atoms with Crippen molar-refractivity contribution in [2.75, 3.05) is 31.2 Å². The highest BCUT2D eigenvalue weighted by atomic mass is 16.5. The van der Waals surface area contributed by atoms with Crippen LogP contribution in [0.5, 0.6) is 0 Å². The number of hydrogen-bond donors (Lipinski definition) is 1. The topological polar surface area (TPSA) is 55.8 Å². The molecule has 0 aliphatic carbocycles. The van der Waals surface area contributed by atoms with Crippen LogP contribution < -0.4 is 10.6 Å². The highest BCUT2D eigenvalue weighted by molar-refractivity contribution is 5.56. The number of ether oxygens (including phenoxy) is 1. The van der Waals surface area contributed by atoms with Gasteiger partial charge in [-0.05, 0) is 18.6 Å². The number of aromatic nitrogens is 2. The Hall–Kier alpha value is -1.59. The molecule has 3 heterocycles. The third-order valence-corrected chi connectivity index (χ3v) is 3.32. The Bertz CT molecular complexity index is 529. The lowest BCUT2D eigenvalue weighted by Crippen LogP contribution is -2.27. The highest BCUT2D eigenvalue weighted by Gasteiger charge is 2.18. The van der Waals surface area contributed by atoms with E-state index < -0.39 is 0 Å². The number of rotatable bonds is 2. The minimum atomic E-state index is 0.498. The first-order valence-corrected chi connectivity index (χ1v) is 6.39. The third kappa shape index (κ3) is 1.95. The Morgan fingerprint density at radius 2 is 2.22 bits per heavy atom. The van der Waals surface area contributed by atoms with Crippen molar-refractivity contribution in [3.8, 4) is 0 Å². The molecule has 0 unspecified atom stereocenters. The molecule has 1 aliphatic heterocycles. The lowest BCUT2D eigenvalue weighted by atomic mass is 10.3. The molecule has 96 valence electrons. The molecule has 3 rings (SSSR count). The van der Waals surface area contributed by atoms with Crippen molar-refractivity contribution in [3.63, 3.8) is 0 Å². The SMILES string of the molecule is NCc1c(N2CCCOCC2)nc2ccccn12. The second kappa shape index (κ2) is 4.96. The molecule has 2 N–H and O–H groups in total. The van der Waals surface area contributed by atoms with E-state index in [9.17, 15) is 0 Å². The number of imidazole rings is 1. The molecule has 0 amide bonds. The van der Waals surface area contributed by atoms with Crippen LogP contribution in [0.4, 0.5) is 5.82 Å². The average Bonchev–Trinajstić information content (AvgIpc) is 2.59. The molecule has 2 aromatic heterocycles. The molecule has 0 saturated carbocycles. The normalized spacial score (nSPS) is 17.1. The van der Waals surface area contributed by atoms with Crippen molar-refractivity contribution in [1.82, 2.24) is 9.38 Å². The summed E-state index contributed by atoms with van der Waals surface area (Å²) in [4.78, 5) is 6.98. The minimum Gasteiger partial charge on any atom is -0.380 e. The number of fused-ring (bicyclic) bond motifs is 1. The standard InChI is InChI=1S/C13H18N4O/c14-10-11-13(16-5-3-8-18-9-7-16)15-12-4-1-2-6-17(11)12/h1-2,4,6H,3,5,7-10,14H2. The Morgan fingerprint density at radius 3 is 3.11 bits per heavy atom. The monoisotopic (exact) mass is 246 g/mol. The van der Waals surface area contributed by atoms with Crippen LogP contribution >= 0.6 is 0 Å². The van der Waals surface area contributed by atoms with Crippen LogP contribution in [0.3, 0.4) is 0 Å². The van der Waals surface area contributed by atoms with E-state index in [1.165, 1.54) is 0 Å². The Kier molecular flexibility index (Phi) is 3.17. The molecule has 1 saturated heterocycles. The summed E-state index contributed by atoms with van der Waals surface area (Å²) < 4.78 is 7.56. The second-order valence-electron chi connectivity index (χ2n) is 4.47. The van der Waals surface area contributed by atoms with E-state index in [1.54, 1.807) is 0 Å². The number of hydrogen-bond acceptors (Lipinski definition) is 4. The molecule has 0 spiro atoms. The quantitative estimate of drug-likeness (QED) is 0.859. The molecule has 1 fully saturated rings. The second-order valence-corrected chi connectivity index (χ2v) is 4.47. The van der Waals surface area contributed by atoms with Crippen LogP contribution in [0.15, 0.2) is 24.4 Å². The van der Waals surface area contributed by atoms with Gasteiger partial charge in [0.25, 0.3) is 0 Å². The highest BCUT2D eigenvalue weighted by Crippen LogP contribution is 2.22. The Morgan fingerprint density at radius 1 is 1.28 bits per heavy atom. The minimum absolute atomic E-state index is 0.498. The fourth-order valence-electron chi connectivity index (χ4n) is 2.43. The van der Waals surface area contributed by atoms with E-state index in [4.69, 9.17) is 15.5 Å². The molecule has 0 bridgehead atoms. The van der Waals surface area contributed by atoms with Crippen molar-refractivity contribution in [2.45, 2.75) is 13.0 Å². The average molecular weight is 246 g/mol. The molecule has 5 nitrogen and oxygen atoms in total. The third-order valence-electron chi connectivity index (χ3n) is 3.32. The number of nitrogens with zero attached hydrogens (tertiary/aromatic N) is 3. The molecule has 0 aromatic carbocycles. The number of pyridine rings is 1. The van der Waals surface area contributed by atoms with E-state index in [0.29, 0.717) is 6.54 Å². The maximum atomic E-state index is 5.89. The van der Waals surface area contributed by atoms with Gasteiger partial charge in [-0.1, -0.05) is 6.07 Å². The summed E-state index contributed by atoms with van der Waals surface area (Å²) in [5.74, 6) is 1.01. The maximum Gasteiger partial charge on any atom is 0.152 e. The molecule has 0 atom stereocenters.